The van der Waals surface area contributed by atoms with E-state index in [9.17, 15) is 40.9 Å². The molecule has 0 saturated carbocycles. The number of halogens is 1. The first-order valence-corrected chi connectivity index (χ1v) is 11.2. The highest BCUT2D eigenvalue weighted by atomic mass is 19.1. The van der Waals surface area contributed by atoms with Crippen LogP contribution in [0.1, 0.15) is 23.3 Å². The van der Waals surface area contributed by atoms with E-state index >= 15 is 4.39 Å². The molecule has 2 aromatic carbocycles. The van der Waals surface area contributed by atoms with Crippen molar-refractivity contribution >= 4 is 0 Å². The SMILES string of the molecule is OC[C@H]1O[C@H](c2ccc(-c3ccc([C@H]4O[C@H](CO)[C@@H](O)[C@H](O)[C@@H]4O)cc3F)cc2)[C@@H](O)[C@@H](O)[C@@H]1O. The average molecular weight is 496 g/mol. The second kappa shape index (κ2) is 10.5. The number of hydrogen-bond donors (Lipinski definition) is 8. The van der Waals surface area contributed by atoms with Gasteiger partial charge in [-0.2, -0.15) is 0 Å². The van der Waals surface area contributed by atoms with E-state index in [0.717, 1.165) is 6.07 Å². The summed E-state index contributed by atoms with van der Waals surface area (Å²) in [7, 11) is 0. The minimum absolute atomic E-state index is 0.207. The molecule has 2 aliphatic heterocycles. The van der Waals surface area contributed by atoms with Gasteiger partial charge >= 0.3 is 0 Å². The molecule has 0 radical (unpaired) electrons. The van der Waals surface area contributed by atoms with Gasteiger partial charge < -0.3 is 50.3 Å². The van der Waals surface area contributed by atoms with Crippen LogP contribution >= 0.6 is 0 Å². The molecule has 10 nitrogen and oxygen atoms in total. The Labute approximate surface area is 200 Å². The van der Waals surface area contributed by atoms with Crippen molar-refractivity contribution in [1.29, 1.82) is 0 Å². The maximum atomic E-state index is 15.0. The van der Waals surface area contributed by atoms with Crippen LogP contribution in [0, 0.1) is 5.82 Å². The topological polar surface area (TPSA) is 180 Å². The molecule has 2 saturated heterocycles. The lowest BCUT2D eigenvalue weighted by molar-refractivity contribution is -0.231. The molecule has 2 aliphatic rings. The molecule has 0 bridgehead atoms. The molecule has 2 fully saturated rings. The van der Waals surface area contributed by atoms with Gasteiger partial charge in [-0.3, -0.25) is 0 Å². The van der Waals surface area contributed by atoms with E-state index < -0.39 is 80.1 Å². The highest BCUT2D eigenvalue weighted by Crippen LogP contribution is 2.36. The fraction of sp³-hybridized carbons (Fsp3) is 0.500. The molecule has 0 aliphatic carbocycles. The smallest absolute Gasteiger partial charge is 0.131 e. The van der Waals surface area contributed by atoms with Crippen LogP contribution in [0.3, 0.4) is 0 Å². The van der Waals surface area contributed by atoms with Crippen LogP contribution in [0.15, 0.2) is 42.5 Å². The second-order valence-electron chi connectivity index (χ2n) is 8.86. The molecule has 11 heteroatoms. The van der Waals surface area contributed by atoms with Gasteiger partial charge in [0.2, 0.25) is 0 Å². The summed E-state index contributed by atoms with van der Waals surface area (Å²) in [6.07, 6.45) is -13.4. The zero-order valence-corrected chi connectivity index (χ0v) is 18.5. The van der Waals surface area contributed by atoms with Crippen molar-refractivity contribution in [3.63, 3.8) is 0 Å². The highest BCUT2D eigenvalue weighted by Gasteiger charge is 2.45. The molecule has 10 atom stereocenters. The summed E-state index contributed by atoms with van der Waals surface area (Å²) in [6, 6.07) is 10.4. The first-order valence-electron chi connectivity index (χ1n) is 11.2. The number of aliphatic hydroxyl groups excluding tert-OH is 8. The maximum Gasteiger partial charge on any atom is 0.131 e. The van der Waals surface area contributed by atoms with Crippen molar-refractivity contribution in [1.82, 2.24) is 0 Å². The van der Waals surface area contributed by atoms with Gasteiger partial charge in [0, 0.05) is 5.56 Å². The predicted octanol–water partition coefficient (Wildman–Crippen LogP) is -1.48. The van der Waals surface area contributed by atoms with Crippen molar-refractivity contribution in [3.8, 4) is 11.1 Å². The fourth-order valence-corrected chi connectivity index (χ4v) is 4.55. The lowest BCUT2D eigenvalue weighted by Gasteiger charge is -2.40. The first kappa shape index (κ1) is 26.0. The molecule has 0 aromatic heterocycles. The molecule has 0 unspecified atom stereocenters. The Bertz CT molecular complexity index is 1000. The Morgan fingerprint density at radius 1 is 0.600 bits per heavy atom. The number of ether oxygens (including phenoxy) is 2. The normalized spacial score (nSPS) is 37.9. The van der Waals surface area contributed by atoms with Crippen molar-refractivity contribution in [2.24, 2.45) is 0 Å². The van der Waals surface area contributed by atoms with Gasteiger partial charge in [0.1, 0.15) is 66.9 Å². The van der Waals surface area contributed by atoms with Gasteiger partial charge in [-0.15, -0.1) is 0 Å². The lowest BCUT2D eigenvalue weighted by Crippen LogP contribution is -2.55. The molecule has 8 N–H and O–H groups in total. The largest absolute Gasteiger partial charge is 0.394 e. The van der Waals surface area contributed by atoms with Crippen LogP contribution in [0.5, 0.6) is 0 Å². The third-order valence-corrected chi connectivity index (χ3v) is 6.66. The van der Waals surface area contributed by atoms with Gasteiger partial charge in [0.25, 0.3) is 0 Å². The van der Waals surface area contributed by atoms with E-state index in [0.29, 0.717) is 11.1 Å². The van der Waals surface area contributed by atoms with Gasteiger partial charge in [-0.25, -0.2) is 4.39 Å². The van der Waals surface area contributed by atoms with E-state index in [-0.39, 0.29) is 11.1 Å². The van der Waals surface area contributed by atoms with Crippen LogP contribution in [0.25, 0.3) is 11.1 Å². The molecule has 0 amide bonds. The minimum Gasteiger partial charge on any atom is -0.394 e. The summed E-state index contributed by atoms with van der Waals surface area (Å²) in [6.45, 7) is -1.14. The van der Waals surface area contributed by atoms with Crippen molar-refractivity contribution in [2.45, 2.75) is 61.0 Å². The van der Waals surface area contributed by atoms with Crippen LogP contribution < -0.4 is 0 Å². The monoisotopic (exact) mass is 496 g/mol. The summed E-state index contributed by atoms with van der Waals surface area (Å²) in [5.41, 5.74) is 1.33. The van der Waals surface area contributed by atoms with Crippen LogP contribution in [0.2, 0.25) is 0 Å². The van der Waals surface area contributed by atoms with Crippen LogP contribution in [0.4, 0.5) is 4.39 Å². The molecule has 2 aromatic rings. The van der Waals surface area contributed by atoms with E-state index in [1.54, 1.807) is 24.3 Å². The third-order valence-electron chi connectivity index (χ3n) is 6.66. The number of rotatable bonds is 5. The van der Waals surface area contributed by atoms with Crippen LogP contribution in [-0.4, -0.2) is 103 Å². The quantitative estimate of drug-likeness (QED) is 0.243. The van der Waals surface area contributed by atoms with Crippen LogP contribution in [-0.2, 0) is 9.47 Å². The summed E-state index contributed by atoms with van der Waals surface area (Å²) >= 11 is 0. The molecule has 192 valence electrons. The molecular formula is C24H29FO10. The van der Waals surface area contributed by atoms with Gasteiger partial charge in [0.05, 0.1) is 13.2 Å². The summed E-state index contributed by atoms with van der Waals surface area (Å²) in [5.74, 6) is -0.653. The van der Waals surface area contributed by atoms with E-state index in [1.165, 1.54) is 12.1 Å². The Morgan fingerprint density at radius 3 is 1.51 bits per heavy atom. The zero-order chi connectivity index (χ0) is 25.4. The number of aliphatic hydroxyl groups is 8. The summed E-state index contributed by atoms with van der Waals surface area (Å²) < 4.78 is 26.0. The Balaban J connectivity index is 1.55. The minimum atomic E-state index is -1.58. The van der Waals surface area contributed by atoms with Crippen molar-refractivity contribution in [3.05, 3.63) is 59.4 Å². The Hall–Kier alpha value is -2.03. The average Bonchev–Trinajstić information content (AvgIpc) is 2.86. The number of hydrogen-bond acceptors (Lipinski definition) is 10. The molecular weight excluding hydrogens is 467 g/mol. The molecule has 0 spiro atoms. The fourth-order valence-electron chi connectivity index (χ4n) is 4.55. The van der Waals surface area contributed by atoms with Crippen molar-refractivity contribution < 1.29 is 54.7 Å². The van der Waals surface area contributed by atoms with Gasteiger partial charge in [-0.05, 0) is 22.8 Å². The molecule has 4 rings (SSSR count). The van der Waals surface area contributed by atoms with E-state index in [4.69, 9.17) is 9.47 Å². The standard InChI is InChI=1S/C24H29FO10/c25-14-7-12(24-22(33)20(31)18(29)16(9-27)35-24)5-6-13(14)10-1-3-11(4-2-10)23-21(32)19(30)17(28)15(8-26)34-23/h1-7,15-24,26-33H,8-9H2/t15-,16-,17-,18-,19+,20+,21+,22+,23-,24-/m1/s1. The highest BCUT2D eigenvalue weighted by molar-refractivity contribution is 5.65. The Kier molecular flexibility index (Phi) is 7.83. The third kappa shape index (κ3) is 4.85. The second-order valence-corrected chi connectivity index (χ2v) is 8.86. The van der Waals surface area contributed by atoms with E-state index in [2.05, 4.69) is 0 Å². The number of benzene rings is 2. The first-order chi connectivity index (χ1) is 16.7. The Morgan fingerprint density at radius 2 is 1.06 bits per heavy atom. The molecule has 35 heavy (non-hydrogen) atoms. The summed E-state index contributed by atoms with van der Waals surface area (Å²) in [5, 5.41) is 79.1. The van der Waals surface area contributed by atoms with E-state index in [1.807, 2.05) is 0 Å². The predicted molar refractivity (Wildman–Crippen MR) is 117 cm³/mol. The van der Waals surface area contributed by atoms with Gasteiger partial charge in [0.15, 0.2) is 0 Å². The lowest BCUT2D eigenvalue weighted by atomic mass is 9.89. The summed E-state index contributed by atoms with van der Waals surface area (Å²) in [4.78, 5) is 0. The van der Waals surface area contributed by atoms with Gasteiger partial charge in [-0.1, -0.05) is 36.4 Å². The zero-order valence-electron chi connectivity index (χ0n) is 18.5. The maximum absolute atomic E-state index is 15.0. The van der Waals surface area contributed by atoms with Crippen molar-refractivity contribution in [2.75, 3.05) is 13.2 Å². The molecule has 2 heterocycles.